The normalized spacial score (nSPS) is 22.1. The minimum absolute atomic E-state index is 0.0323. The van der Waals surface area contributed by atoms with Crippen molar-refractivity contribution in [2.45, 2.75) is 31.8 Å². The van der Waals surface area contributed by atoms with Crippen molar-refractivity contribution in [1.29, 1.82) is 0 Å². The molecule has 0 saturated carbocycles. The number of aromatic nitrogens is 2. The first-order chi connectivity index (χ1) is 13.8. The van der Waals surface area contributed by atoms with Gasteiger partial charge in [-0.1, -0.05) is 6.07 Å². The lowest BCUT2D eigenvalue weighted by Gasteiger charge is -2.32. The number of amides is 1. The molecule has 0 spiro atoms. The highest BCUT2D eigenvalue weighted by molar-refractivity contribution is 5.93. The van der Waals surface area contributed by atoms with Gasteiger partial charge in [-0.2, -0.15) is 0 Å². The number of carbonyl (C=O) groups excluding carboxylic acids is 1. The molecule has 7 heteroatoms. The summed E-state index contributed by atoms with van der Waals surface area (Å²) in [6.07, 6.45) is 9.23. The lowest BCUT2D eigenvalue weighted by Crippen LogP contribution is -2.41. The molecule has 4 rings (SSSR count). The molecule has 7 nitrogen and oxygen atoms in total. The van der Waals surface area contributed by atoms with Gasteiger partial charge in [0.25, 0.3) is 0 Å². The Morgan fingerprint density at radius 1 is 1.29 bits per heavy atom. The van der Waals surface area contributed by atoms with Crippen LogP contribution in [0, 0.1) is 5.92 Å². The molecule has 148 valence electrons. The third-order valence-electron chi connectivity index (χ3n) is 5.23. The van der Waals surface area contributed by atoms with E-state index in [9.17, 15) is 4.79 Å². The predicted molar refractivity (Wildman–Crippen MR) is 107 cm³/mol. The number of hydrogen-bond acceptors (Lipinski definition) is 6. The molecule has 1 aromatic carbocycles. The van der Waals surface area contributed by atoms with Gasteiger partial charge >= 0.3 is 0 Å². The number of benzene rings is 1. The Kier molecular flexibility index (Phi) is 6.01. The molecule has 1 aromatic heterocycles. The van der Waals surface area contributed by atoms with Crippen LogP contribution in [0.2, 0.25) is 0 Å². The van der Waals surface area contributed by atoms with E-state index in [2.05, 4.69) is 20.2 Å². The molecule has 2 aliphatic rings. The molecule has 0 unspecified atom stereocenters. The molecule has 1 N–H and O–H groups in total. The minimum atomic E-state index is -0.0766. The maximum Gasteiger partial charge on any atom is 0.229 e. The average Bonchev–Trinajstić information content (AvgIpc) is 3.27. The summed E-state index contributed by atoms with van der Waals surface area (Å²) in [5.74, 6) is 1.53. The van der Waals surface area contributed by atoms with Gasteiger partial charge in [0.2, 0.25) is 5.91 Å². The Bertz CT molecular complexity index is 780. The van der Waals surface area contributed by atoms with E-state index in [0.29, 0.717) is 13.2 Å². The molecular formula is C21H26N4O3. The van der Waals surface area contributed by atoms with Crippen LogP contribution in [0.15, 0.2) is 42.9 Å². The largest absolute Gasteiger partial charge is 0.491 e. The SMILES string of the molecule is O=C(Nc1cccc(OC[C@@H]2CCCO2)c1)[C@H]1CCCN(c2cnccn2)C1. The molecule has 2 saturated heterocycles. The van der Waals surface area contributed by atoms with Crippen LogP contribution in [0.1, 0.15) is 25.7 Å². The van der Waals surface area contributed by atoms with Gasteiger partial charge in [0.1, 0.15) is 18.2 Å². The molecular weight excluding hydrogens is 356 g/mol. The molecule has 28 heavy (non-hydrogen) atoms. The number of carbonyl (C=O) groups is 1. The summed E-state index contributed by atoms with van der Waals surface area (Å²) in [5, 5.41) is 3.04. The van der Waals surface area contributed by atoms with Crippen LogP contribution < -0.4 is 15.0 Å². The van der Waals surface area contributed by atoms with Gasteiger partial charge in [-0.25, -0.2) is 4.98 Å². The Morgan fingerprint density at radius 3 is 3.07 bits per heavy atom. The fourth-order valence-electron chi connectivity index (χ4n) is 3.73. The first kappa shape index (κ1) is 18.7. The predicted octanol–water partition coefficient (Wildman–Crippen LogP) is 2.89. The Labute approximate surface area is 165 Å². The quantitative estimate of drug-likeness (QED) is 0.828. The lowest BCUT2D eigenvalue weighted by molar-refractivity contribution is -0.120. The number of ether oxygens (including phenoxy) is 2. The van der Waals surface area contributed by atoms with Gasteiger partial charge in [-0.05, 0) is 37.8 Å². The van der Waals surface area contributed by atoms with Crippen LogP contribution in [-0.2, 0) is 9.53 Å². The van der Waals surface area contributed by atoms with Crippen molar-refractivity contribution in [3.63, 3.8) is 0 Å². The van der Waals surface area contributed by atoms with E-state index in [4.69, 9.17) is 9.47 Å². The first-order valence-corrected chi connectivity index (χ1v) is 9.94. The summed E-state index contributed by atoms with van der Waals surface area (Å²) < 4.78 is 11.4. The van der Waals surface area contributed by atoms with Crippen molar-refractivity contribution >= 4 is 17.4 Å². The number of hydrogen-bond donors (Lipinski definition) is 1. The van der Waals surface area contributed by atoms with Gasteiger partial charge < -0.3 is 19.7 Å². The van der Waals surface area contributed by atoms with Gasteiger partial charge in [-0.3, -0.25) is 9.78 Å². The summed E-state index contributed by atoms with van der Waals surface area (Å²) in [7, 11) is 0. The van der Waals surface area contributed by atoms with Crippen LogP contribution in [0.25, 0.3) is 0 Å². The topological polar surface area (TPSA) is 76.6 Å². The molecule has 2 aromatic rings. The van der Waals surface area contributed by atoms with Crippen LogP contribution in [0.4, 0.5) is 11.5 Å². The van der Waals surface area contributed by atoms with Crippen molar-refractivity contribution in [2.24, 2.45) is 5.92 Å². The Balaban J connectivity index is 1.33. The van der Waals surface area contributed by atoms with E-state index in [1.807, 2.05) is 24.3 Å². The molecule has 2 fully saturated rings. The molecule has 2 atom stereocenters. The van der Waals surface area contributed by atoms with Crippen molar-refractivity contribution in [1.82, 2.24) is 9.97 Å². The average molecular weight is 382 g/mol. The van der Waals surface area contributed by atoms with E-state index < -0.39 is 0 Å². The zero-order valence-corrected chi connectivity index (χ0v) is 15.9. The summed E-state index contributed by atoms with van der Waals surface area (Å²) in [6, 6.07) is 7.56. The van der Waals surface area contributed by atoms with Crippen LogP contribution in [0.3, 0.4) is 0 Å². The Hall–Kier alpha value is -2.67. The number of anilines is 2. The fourth-order valence-corrected chi connectivity index (χ4v) is 3.73. The number of nitrogens with one attached hydrogen (secondary N) is 1. The van der Waals surface area contributed by atoms with Crippen molar-refractivity contribution < 1.29 is 14.3 Å². The molecule has 1 amide bonds. The fraction of sp³-hybridized carbons (Fsp3) is 0.476. The van der Waals surface area contributed by atoms with Crippen molar-refractivity contribution in [2.75, 3.05) is 36.5 Å². The van der Waals surface area contributed by atoms with E-state index in [1.54, 1.807) is 18.6 Å². The van der Waals surface area contributed by atoms with Crippen LogP contribution >= 0.6 is 0 Å². The second-order valence-corrected chi connectivity index (χ2v) is 7.31. The standard InChI is InChI=1S/C21H26N4O3/c26-21(16-4-2-10-25(14-16)20-13-22-8-9-23-20)24-17-5-1-6-18(12-17)28-15-19-7-3-11-27-19/h1,5-6,8-9,12-13,16,19H,2-4,7,10-11,14-15H2,(H,24,26)/t16-,19-/m0/s1. The smallest absolute Gasteiger partial charge is 0.229 e. The molecule has 0 aliphatic carbocycles. The zero-order valence-electron chi connectivity index (χ0n) is 15.9. The maximum atomic E-state index is 12.8. The zero-order chi connectivity index (χ0) is 19.2. The highest BCUT2D eigenvalue weighted by atomic mass is 16.5. The summed E-state index contributed by atoms with van der Waals surface area (Å²) in [6.45, 7) is 2.92. The molecule has 3 heterocycles. The summed E-state index contributed by atoms with van der Waals surface area (Å²) in [5.41, 5.74) is 0.756. The lowest BCUT2D eigenvalue weighted by atomic mass is 9.97. The van der Waals surface area contributed by atoms with Gasteiger partial charge in [-0.15, -0.1) is 0 Å². The highest BCUT2D eigenvalue weighted by Crippen LogP contribution is 2.24. The number of piperidine rings is 1. The summed E-state index contributed by atoms with van der Waals surface area (Å²) in [4.78, 5) is 23.4. The van der Waals surface area contributed by atoms with Gasteiger partial charge in [0, 0.05) is 43.8 Å². The number of nitrogens with zero attached hydrogens (tertiary/aromatic N) is 3. The third-order valence-corrected chi connectivity index (χ3v) is 5.23. The van der Waals surface area contributed by atoms with Gasteiger partial charge in [0.05, 0.1) is 18.2 Å². The maximum absolute atomic E-state index is 12.8. The van der Waals surface area contributed by atoms with E-state index in [1.165, 1.54) is 0 Å². The Morgan fingerprint density at radius 2 is 2.25 bits per heavy atom. The van der Waals surface area contributed by atoms with E-state index in [-0.39, 0.29) is 17.9 Å². The van der Waals surface area contributed by atoms with Crippen LogP contribution in [0.5, 0.6) is 5.75 Å². The second kappa shape index (κ2) is 9.01. The molecule has 0 bridgehead atoms. The summed E-state index contributed by atoms with van der Waals surface area (Å²) >= 11 is 0. The second-order valence-electron chi connectivity index (χ2n) is 7.31. The first-order valence-electron chi connectivity index (χ1n) is 9.94. The van der Waals surface area contributed by atoms with E-state index in [0.717, 1.165) is 56.1 Å². The molecule has 0 radical (unpaired) electrons. The highest BCUT2D eigenvalue weighted by Gasteiger charge is 2.26. The van der Waals surface area contributed by atoms with Crippen molar-refractivity contribution in [3.05, 3.63) is 42.9 Å². The van der Waals surface area contributed by atoms with Crippen molar-refractivity contribution in [3.8, 4) is 5.75 Å². The minimum Gasteiger partial charge on any atom is -0.491 e. The van der Waals surface area contributed by atoms with Crippen LogP contribution in [-0.4, -0.2) is 48.3 Å². The van der Waals surface area contributed by atoms with Gasteiger partial charge in [0.15, 0.2) is 0 Å². The monoisotopic (exact) mass is 382 g/mol. The molecule has 2 aliphatic heterocycles. The third kappa shape index (κ3) is 4.78. The number of rotatable bonds is 6. The van der Waals surface area contributed by atoms with E-state index >= 15 is 0 Å².